The van der Waals surface area contributed by atoms with Gasteiger partial charge in [0.1, 0.15) is 12.2 Å². The molecule has 1 aromatic rings. The summed E-state index contributed by atoms with van der Waals surface area (Å²) >= 11 is 0. The van der Waals surface area contributed by atoms with Crippen LogP contribution in [0.5, 0.6) is 0 Å². The monoisotopic (exact) mass is 305 g/mol. The van der Waals surface area contributed by atoms with Gasteiger partial charge in [-0.3, -0.25) is 4.79 Å². The molecule has 5 heteroatoms. The molecule has 0 radical (unpaired) electrons. The van der Waals surface area contributed by atoms with E-state index >= 15 is 0 Å². The van der Waals surface area contributed by atoms with Gasteiger partial charge in [0, 0.05) is 20.2 Å². The van der Waals surface area contributed by atoms with E-state index in [0.29, 0.717) is 13.2 Å². The number of ether oxygens (including phenoxy) is 2. The maximum atomic E-state index is 12.3. The van der Waals surface area contributed by atoms with Gasteiger partial charge in [-0.15, -0.1) is 0 Å². The molecule has 0 aromatic heterocycles. The minimum Gasteiger partial charge on any atom is -0.388 e. The molecule has 3 atom stereocenters. The summed E-state index contributed by atoms with van der Waals surface area (Å²) in [5, 5.41) is 10.2. The summed E-state index contributed by atoms with van der Waals surface area (Å²) in [5.74, 6) is -0.175. The van der Waals surface area contributed by atoms with Gasteiger partial charge in [0.25, 0.3) is 0 Å². The Labute approximate surface area is 131 Å². The van der Waals surface area contributed by atoms with Gasteiger partial charge in [0.2, 0.25) is 5.91 Å². The van der Waals surface area contributed by atoms with Gasteiger partial charge in [-0.05, 0) is 18.6 Å². The molecule has 0 spiro atoms. The number of likely N-dealkylation sites (N-methyl/N-ethyl adjacent to an activating group) is 1. The second-order valence-corrected chi connectivity index (χ2v) is 5.57. The minimum absolute atomic E-state index is 0.175. The molecule has 1 aliphatic heterocycles. The number of carbonyl (C=O) groups excluding carboxylic acids is 1. The molecule has 1 N–H and O–H groups in total. The Hall–Kier alpha value is -1.69. The van der Waals surface area contributed by atoms with Crippen LogP contribution >= 0.6 is 0 Å². The SMILES string of the molecule is CO[C@@H]1COC[C@@H](N(C)C(=O)/C=C/c2cccc(C)c2)[C@@H]1O. The average Bonchev–Trinajstić information content (AvgIpc) is 2.52. The summed E-state index contributed by atoms with van der Waals surface area (Å²) in [6.07, 6.45) is 2.13. The van der Waals surface area contributed by atoms with Gasteiger partial charge in [0.05, 0.1) is 19.3 Å². The van der Waals surface area contributed by atoms with Crippen molar-refractivity contribution in [2.45, 2.75) is 25.2 Å². The Morgan fingerprint density at radius 1 is 1.45 bits per heavy atom. The fraction of sp³-hybridized carbons (Fsp3) is 0.471. The summed E-state index contributed by atoms with van der Waals surface area (Å²) in [4.78, 5) is 13.8. The number of benzene rings is 1. The molecular weight excluding hydrogens is 282 g/mol. The average molecular weight is 305 g/mol. The molecule has 0 saturated carbocycles. The van der Waals surface area contributed by atoms with Crippen LogP contribution in [-0.4, -0.2) is 61.5 Å². The highest BCUT2D eigenvalue weighted by Crippen LogP contribution is 2.16. The number of aryl methyl sites for hydroxylation is 1. The van der Waals surface area contributed by atoms with Gasteiger partial charge in [0.15, 0.2) is 0 Å². The first-order valence-corrected chi connectivity index (χ1v) is 7.33. The summed E-state index contributed by atoms with van der Waals surface area (Å²) < 4.78 is 10.6. The quantitative estimate of drug-likeness (QED) is 0.850. The van der Waals surface area contributed by atoms with Crippen LogP contribution in [0.25, 0.3) is 6.08 Å². The van der Waals surface area contributed by atoms with Crippen molar-refractivity contribution in [3.8, 4) is 0 Å². The Morgan fingerprint density at radius 3 is 2.91 bits per heavy atom. The Balaban J connectivity index is 2.02. The van der Waals surface area contributed by atoms with E-state index in [9.17, 15) is 9.90 Å². The molecule has 0 unspecified atom stereocenters. The first kappa shape index (κ1) is 16.7. The van der Waals surface area contributed by atoms with Crippen LogP contribution in [0.1, 0.15) is 11.1 Å². The van der Waals surface area contributed by atoms with Gasteiger partial charge >= 0.3 is 0 Å². The number of amides is 1. The number of methoxy groups -OCH3 is 1. The largest absolute Gasteiger partial charge is 0.388 e. The molecule has 1 heterocycles. The highest BCUT2D eigenvalue weighted by atomic mass is 16.5. The van der Waals surface area contributed by atoms with Crippen LogP contribution in [-0.2, 0) is 14.3 Å². The predicted octanol–water partition coefficient (Wildman–Crippen LogP) is 1.24. The van der Waals surface area contributed by atoms with E-state index in [1.807, 2.05) is 31.2 Å². The van der Waals surface area contributed by atoms with Crippen molar-refractivity contribution < 1.29 is 19.4 Å². The molecule has 1 saturated heterocycles. The van der Waals surface area contributed by atoms with Crippen LogP contribution in [0.3, 0.4) is 0 Å². The van der Waals surface area contributed by atoms with Crippen LogP contribution in [0, 0.1) is 6.92 Å². The number of aliphatic hydroxyl groups is 1. The van der Waals surface area contributed by atoms with E-state index in [0.717, 1.165) is 11.1 Å². The number of rotatable bonds is 4. The number of aliphatic hydroxyl groups excluding tert-OH is 1. The van der Waals surface area contributed by atoms with Crippen molar-refractivity contribution in [2.24, 2.45) is 0 Å². The van der Waals surface area contributed by atoms with Gasteiger partial charge in [-0.1, -0.05) is 29.8 Å². The lowest BCUT2D eigenvalue weighted by atomic mass is 10.0. The zero-order valence-electron chi connectivity index (χ0n) is 13.2. The first-order valence-electron chi connectivity index (χ1n) is 7.33. The van der Waals surface area contributed by atoms with Crippen molar-refractivity contribution in [3.63, 3.8) is 0 Å². The van der Waals surface area contributed by atoms with Gasteiger partial charge in [-0.25, -0.2) is 0 Å². The molecule has 1 aliphatic rings. The highest BCUT2D eigenvalue weighted by Gasteiger charge is 2.36. The molecule has 1 fully saturated rings. The number of carbonyl (C=O) groups is 1. The molecule has 5 nitrogen and oxygen atoms in total. The van der Waals surface area contributed by atoms with Gasteiger partial charge in [-0.2, -0.15) is 0 Å². The normalized spacial score (nSPS) is 25.4. The summed E-state index contributed by atoms with van der Waals surface area (Å²) in [5.41, 5.74) is 2.11. The Morgan fingerprint density at radius 2 is 2.23 bits per heavy atom. The third-order valence-electron chi connectivity index (χ3n) is 3.95. The van der Waals surface area contributed by atoms with E-state index in [1.165, 1.54) is 18.1 Å². The first-order chi connectivity index (χ1) is 10.5. The lowest BCUT2D eigenvalue weighted by molar-refractivity contribution is -0.154. The topological polar surface area (TPSA) is 59.0 Å². The summed E-state index contributed by atoms with van der Waals surface area (Å²) in [7, 11) is 3.19. The molecule has 0 aliphatic carbocycles. The fourth-order valence-corrected chi connectivity index (χ4v) is 2.52. The molecule has 22 heavy (non-hydrogen) atoms. The lowest BCUT2D eigenvalue weighted by Gasteiger charge is -2.38. The number of hydrogen-bond donors (Lipinski definition) is 1. The smallest absolute Gasteiger partial charge is 0.246 e. The number of nitrogens with zero attached hydrogens (tertiary/aromatic N) is 1. The van der Waals surface area contributed by atoms with Crippen molar-refractivity contribution in [3.05, 3.63) is 41.5 Å². The van der Waals surface area contributed by atoms with E-state index in [-0.39, 0.29) is 5.91 Å². The second-order valence-electron chi connectivity index (χ2n) is 5.57. The molecule has 0 bridgehead atoms. The second kappa shape index (κ2) is 7.54. The minimum atomic E-state index is -0.750. The molecule has 120 valence electrons. The third-order valence-corrected chi connectivity index (χ3v) is 3.95. The molecule has 1 aromatic carbocycles. The Bertz CT molecular complexity index is 543. The summed E-state index contributed by atoms with van der Waals surface area (Å²) in [6, 6.07) is 7.49. The zero-order chi connectivity index (χ0) is 16.1. The standard InChI is InChI=1S/C17H23NO4/c1-12-5-4-6-13(9-12)7-8-16(19)18(2)14-10-22-11-15(21-3)17(14)20/h4-9,14-15,17,20H,10-11H2,1-3H3/b8-7+/t14-,15-,17+/m1/s1. The fourth-order valence-electron chi connectivity index (χ4n) is 2.52. The van der Waals surface area contributed by atoms with E-state index in [2.05, 4.69) is 0 Å². The third kappa shape index (κ3) is 3.94. The maximum absolute atomic E-state index is 12.3. The van der Waals surface area contributed by atoms with E-state index < -0.39 is 18.2 Å². The van der Waals surface area contributed by atoms with Crippen LogP contribution in [0.4, 0.5) is 0 Å². The predicted molar refractivity (Wildman–Crippen MR) is 84.4 cm³/mol. The van der Waals surface area contributed by atoms with Crippen molar-refractivity contribution in [1.29, 1.82) is 0 Å². The maximum Gasteiger partial charge on any atom is 0.246 e. The van der Waals surface area contributed by atoms with Crippen LogP contribution in [0.2, 0.25) is 0 Å². The van der Waals surface area contributed by atoms with Gasteiger partial charge < -0.3 is 19.5 Å². The van der Waals surface area contributed by atoms with Crippen molar-refractivity contribution in [1.82, 2.24) is 4.90 Å². The molecular formula is C17H23NO4. The molecule has 1 amide bonds. The number of hydrogen-bond acceptors (Lipinski definition) is 4. The van der Waals surface area contributed by atoms with Crippen LogP contribution < -0.4 is 0 Å². The van der Waals surface area contributed by atoms with E-state index in [1.54, 1.807) is 13.1 Å². The highest BCUT2D eigenvalue weighted by molar-refractivity contribution is 5.91. The molecule has 2 rings (SSSR count). The summed E-state index contributed by atoms with van der Waals surface area (Å²) in [6.45, 7) is 2.66. The van der Waals surface area contributed by atoms with Crippen LogP contribution in [0.15, 0.2) is 30.3 Å². The van der Waals surface area contributed by atoms with E-state index in [4.69, 9.17) is 9.47 Å². The van der Waals surface area contributed by atoms with Crippen molar-refractivity contribution in [2.75, 3.05) is 27.4 Å². The van der Waals surface area contributed by atoms with Crippen molar-refractivity contribution >= 4 is 12.0 Å². The Kier molecular flexibility index (Phi) is 5.71. The zero-order valence-corrected chi connectivity index (χ0v) is 13.2. The lowest BCUT2D eigenvalue weighted by Crippen LogP contribution is -2.56.